The van der Waals surface area contributed by atoms with E-state index >= 15 is 0 Å². The Hall–Kier alpha value is -1.53. The Morgan fingerprint density at radius 1 is 1.35 bits per heavy atom. The van der Waals surface area contributed by atoms with Crippen molar-refractivity contribution in [2.75, 3.05) is 13.2 Å². The van der Waals surface area contributed by atoms with E-state index in [0.717, 1.165) is 28.8 Å². The van der Waals surface area contributed by atoms with Crippen LogP contribution < -0.4 is 10.1 Å². The van der Waals surface area contributed by atoms with Gasteiger partial charge in [-0.05, 0) is 60.5 Å². The maximum atomic E-state index is 11.7. The molecule has 0 saturated heterocycles. The van der Waals surface area contributed by atoms with Crippen molar-refractivity contribution in [3.05, 3.63) is 45.1 Å². The van der Waals surface area contributed by atoms with Crippen molar-refractivity contribution in [1.29, 1.82) is 0 Å². The van der Waals surface area contributed by atoms with Crippen LogP contribution >= 0.6 is 27.5 Å². The molecule has 0 aliphatic heterocycles. The van der Waals surface area contributed by atoms with Crippen molar-refractivity contribution in [2.45, 2.75) is 26.8 Å². The molecule has 1 aromatic heterocycles. The molecule has 1 amide bonds. The van der Waals surface area contributed by atoms with Crippen molar-refractivity contribution in [1.82, 2.24) is 15.1 Å². The van der Waals surface area contributed by atoms with Crippen LogP contribution in [-0.2, 0) is 11.3 Å². The van der Waals surface area contributed by atoms with Gasteiger partial charge in [0.15, 0.2) is 6.61 Å². The fourth-order valence-electron chi connectivity index (χ4n) is 2.08. The molecule has 0 spiro atoms. The molecule has 0 radical (unpaired) electrons. The lowest BCUT2D eigenvalue weighted by atomic mass is 10.3. The van der Waals surface area contributed by atoms with Gasteiger partial charge in [0.2, 0.25) is 0 Å². The molecule has 2 rings (SSSR count). The second-order valence-corrected chi connectivity index (χ2v) is 6.38. The lowest BCUT2D eigenvalue weighted by Crippen LogP contribution is -2.30. The Bertz CT molecular complexity index is 671. The van der Waals surface area contributed by atoms with E-state index in [1.54, 1.807) is 24.3 Å². The molecular weight excluding hydrogens is 382 g/mol. The van der Waals surface area contributed by atoms with Crippen LogP contribution in [0, 0.1) is 13.8 Å². The van der Waals surface area contributed by atoms with Crippen LogP contribution in [-0.4, -0.2) is 28.8 Å². The maximum absolute atomic E-state index is 11.7. The molecule has 2 aromatic rings. The van der Waals surface area contributed by atoms with E-state index in [2.05, 4.69) is 26.3 Å². The Morgan fingerprint density at radius 2 is 2.04 bits per heavy atom. The number of nitrogens with zero attached hydrogens (tertiary/aromatic N) is 2. The number of ether oxygens (including phenoxy) is 1. The minimum absolute atomic E-state index is 0.00686. The molecule has 0 saturated carbocycles. The molecule has 124 valence electrons. The molecule has 1 aromatic carbocycles. The number of nitrogens with one attached hydrogen (secondary N) is 1. The summed E-state index contributed by atoms with van der Waals surface area (Å²) in [5, 5.41) is 7.90. The summed E-state index contributed by atoms with van der Waals surface area (Å²) in [6.45, 7) is 5.31. The molecule has 5 nitrogen and oxygen atoms in total. The van der Waals surface area contributed by atoms with E-state index in [-0.39, 0.29) is 12.5 Å². The largest absolute Gasteiger partial charge is 0.484 e. The van der Waals surface area contributed by atoms with Crippen LogP contribution in [0.2, 0.25) is 5.02 Å². The highest BCUT2D eigenvalue weighted by molar-refractivity contribution is 9.10. The lowest BCUT2D eigenvalue weighted by Gasteiger charge is -2.08. The summed E-state index contributed by atoms with van der Waals surface area (Å²) in [5.74, 6) is 0.478. The third kappa shape index (κ3) is 5.25. The average molecular weight is 401 g/mol. The summed E-state index contributed by atoms with van der Waals surface area (Å²) in [4.78, 5) is 11.7. The fraction of sp³-hybridized carbons (Fsp3) is 0.375. The van der Waals surface area contributed by atoms with Crippen LogP contribution in [0.1, 0.15) is 17.8 Å². The molecule has 1 heterocycles. The molecule has 0 aliphatic rings. The highest BCUT2D eigenvalue weighted by Gasteiger charge is 2.08. The third-order valence-corrected chi connectivity index (χ3v) is 4.75. The predicted octanol–water partition coefficient (Wildman–Crippen LogP) is 3.50. The number of halogens is 2. The summed E-state index contributed by atoms with van der Waals surface area (Å²) in [5.41, 5.74) is 2.07. The lowest BCUT2D eigenvalue weighted by molar-refractivity contribution is -0.123. The van der Waals surface area contributed by atoms with E-state index in [1.165, 1.54) is 0 Å². The first-order valence-electron chi connectivity index (χ1n) is 7.32. The molecule has 23 heavy (non-hydrogen) atoms. The molecule has 7 heteroatoms. The Balaban J connectivity index is 1.66. The monoisotopic (exact) mass is 399 g/mol. The van der Waals surface area contributed by atoms with Gasteiger partial charge in [0.25, 0.3) is 5.91 Å². The maximum Gasteiger partial charge on any atom is 0.257 e. The van der Waals surface area contributed by atoms with E-state index in [4.69, 9.17) is 16.3 Å². The zero-order chi connectivity index (χ0) is 16.8. The molecule has 0 unspecified atom stereocenters. The van der Waals surface area contributed by atoms with Gasteiger partial charge < -0.3 is 10.1 Å². The molecule has 0 fully saturated rings. The topological polar surface area (TPSA) is 56.2 Å². The highest BCUT2D eigenvalue weighted by atomic mass is 79.9. The predicted molar refractivity (Wildman–Crippen MR) is 94.0 cm³/mol. The number of hydrogen-bond acceptors (Lipinski definition) is 3. The fourth-order valence-corrected chi connectivity index (χ4v) is 2.49. The number of aromatic nitrogens is 2. The SMILES string of the molecule is Cc1nn(CCCNC(=O)COc2ccc(Cl)cc2)c(C)c1Br. The first-order chi connectivity index (χ1) is 11.0. The van der Waals surface area contributed by atoms with Gasteiger partial charge >= 0.3 is 0 Å². The Morgan fingerprint density at radius 3 is 2.65 bits per heavy atom. The van der Waals surface area contributed by atoms with Crippen LogP contribution in [0.4, 0.5) is 0 Å². The van der Waals surface area contributed by atoms with Gasteiger partial charge in [-0.3, -0.25) is 9.48 Å². The van der Waals surface area contributed by atoms with Gasteiger partial charge in [-0.15, -0.1) is 0 Å². The molecule has 1 N–H and O–H groups in total. The number of aryl methyl sites for hydroxylation is 2. The zero-order valence-corrected chi connectivity index (χ0v) is 15.4. The second-order valence-electron chi connectivity index (χ2n) is 5.15. The van der Waals surface area contributed by atoms with Crippen LogP contribution in [0.5, 0.6) is 5.75 Å². The number of carbonyl (C=O) groups excluding carboxylic acids is 1. The van der Waals surface area contributed by atoms with Crippen LogP contribution in [0.15, 0.2) is 28.7 Å². The number of amides is 1. The van der Waals surface area contributed by atoms with Gasteiger partial charge in [-0.2, -0.15) is 5.10 Å². The van der Waals surface area contributed by atoms with Gasteiger partial charge in [0.1, 0.15) is 5.75 Å². The second kappa shape index (κ2) is 8.36. The van der Waals surface area contributed by atoms with Gasteiger partial charge in [0.05, 0.1) is 10.2 Å². The molecule has 0 atom stereocenters. The van der Waals surface area contributed by atoms with Crippen molar-refractivity contribution >= 4 is 33.4 Å². The van der Waals surface area contributed by atoms with Crippen LogP contribution in [0.3, 0.4) is 0 Å². The van der Waals surface area contributed by atoms with E-state index in [0.29, 0.717) is 17.3 Å². The molecule has 0 bridgehead atoms. The average Bonchev–Trinajstić information content (AvgIpc) is 2.78. The van der Waals surface area contributed by atoms with Crippen LogP contribution in [0.25, 0.3) is 0 Å². The minimum atomic E-state index is -0.144. The summed E-state index contributed by atoms with van der Waals surface area (Å²) >= 11 is 9.29. The minimum Gasteiger partial charge on any atom is -0.484 e. The molecular formula is C16H19BrClN3O2. The third-order valence-electron chi connectivity index (χ3n) is 3.35. The van der Waals surface area contributed by atoms with Crippen molar-refractivity contribution < 1.29 is 9.53 Å². The van der Waals surface area contributed by atoms with E-state index in [1.807, 2.05) is 18.5 Å². The Labute approximate surface area is 149 Å². The van der Waals surface area contributed by atoms with E-state index < -0.39 is 0 Å². The molecule has 0 aliphatic carbocycles. The van der Waals surface area contributed by atoms with Gasteiger partial charge in [-0.25, -0.2) is 0 Å². The summed E-state index contributed by atoms with van der Waals surface area (Å²) in [7, 11) is 0. The smallest absolute Gasteiger partial charge is 0.257 e. The van der Waals surface area contributed by atoms with Crippen molar-refractivity contribution in [3.8, 4) is 5.75 Å². The van der Waals surface area contributed by atoms with Crippen molar-refractivity contribution in [2.24, 2.45) is 0 Å². The summed E-state index contributed by atoms with van der Waals surface area (Å²) in [6.07, 6.45) is 0.807. The first kappa shape index (κ1) is 17.8. The van der Waals surface area contributed by atoms with E-state index in [9.17, 15) is 4.79 Å². The standard InChI is InChI=1S/C16H19BrClN3O2/c1-11-16(17)12(2)21(20-11)9-3-8-19-15(22)10-23-14-6-4-13(18)5-7-14/h4-7H,3,8-10H2,1-2H3,(H,19,22). The number of rotatable bonds is 7. The van der Waals surface area contributed by atoms with Gasteiger partial charge in [0, 0.05) is 23.8 Å². The summed E-state index contributed by atoms with van der Waals surface area (Å²) in [6, 6.07) is 6.91. The van der Waals surface area contributed by atoms with Gasteiger partial charge in [-0.1, -0.05) is 11.6 Å². The summed E-state index contributed by atoms with van der Waals surface area (Å²) < 4.78 is 8.36. The number of hydrogen-bond donors (Lipinski definition) is 1. The Kier molecular flexibility index (Phi) is 6.47. The number of carbonyl (C=O) groups is 1. The quantitative estimate of drug-likeness (QED) is 0.724. The first-order valence-corrected chi connectivity index (χ1v) is 8.49. The van der Waals surface area contributed by atoms with Crippen molar-refractivity contribution in [3.63, 3.8) is 0 Å². The number of benzene rings is 1. The highest BCUT2D eigenvalue weighted by Crippen LogP contribution is 2.19. The zero-order valence-electron chi connectivity index (χ0n) is 13.1. The normalized spacial score (nSPS) is 10.6.